The van der Waals surface area contributed by atoms with Crippen LogP contribution in [0.4, 0.5) is 10.7 Å². The third kappa shape index (κ3) is 4.46. The van der Waals surface area contributed by atoms with Crippen molar-refractivity contribution < 1.29 is 4.79 Å². The molecule has 1 rings (SSSR count). The molecule has 0 saturated heterocycles. The standard InChI is InChI=1S/C12H22N4O/c1-11(2,3)8-7-13-9(14-8)15-10(17)16-12(4,5)6/h7H,1-6H3,(H3,13,14,15,16,17). The molecule has 0 bridgehead atoms. The van der Waals surface area contributed by atoms with E-state index >= 15 is 0 Å². The van der Waals surface area contributed by atoms with E-state index in [1.807, 2.05) is 20.8 Å². The summed E-state index contributed by atoms with van der Waals surface area (Å²) >= 11 is 0. The molecule has 0 aliphatic heterocycles. The van der Waals surface area contributed by atoms with Crippen LogP contribution in [0.25, 0.3) is 0 Å². The third-order valence-corrected chi connectivity index (χ3v) is 2.10. The molecule has 5 heteroatoms. The Morgan fingerprint density at radius 1 is 1.24 bits per heavy atom. The molecular weight excluding hydrogens is 216 g/mol. The van der Waals surface area contributed by atoms with Gasteiger partial charge in [0.2, 0.25) is 5.95 Å². The summed E-state index contributed by atoms with van der Waals surface area (Å²) in [6.07, 6.45) is 1.74. The van der Waals surface area contributed by atoms with Crippen LogP contribution >= 0.6 is 0 Å². The number of carbonyl (C=O) groups excluding carboxylic acids is 1. The predicted molar refractivity (Wildman–Crippen MR) is 69.2 cm³/mol. The van der Waals surface area contributed by atoms with E-state index in [0.717, 1.165) is 5.69 Å². The van der Waals surface area contributed by atoms with Gasteiger partial charge in [0.1, 0.15) is 0 Å². The topological polar surface area (TPSA) is 69.8 Å². The first-order valence-corrected chi connectivity index (χ1v) is 5.72. The van der Waals surface area contributed by atoms with Crippen LogP contribution in [0.15, 0.2) is 6.20 Å². The molecule has 17 heavy (non-hydrogen) atoms. The first kappa shape index (κ1) is 13.5. The summed E-state index contributed by atoms with van der Waals surface area (Å²) in [7, 11) is 0. The van der Waals surface area contributed by atoms with Gasteiger partial charge in [0, 0.05) is 16.6 Å². The second kappa shape index (κ2) is 4.39. The van der Waals surface area contributed by atoms with Gasteiger partial charge in [0.05, 0.1) is 6.20 Å². The lowest BCUT2D eigenvalue weighted by Gasteiger charge is -2.20. The quantitative estimate of drug-likeness (QED) is 0.704. The fourth-order valence-corrected chi connectivity index (χ4v) is 1.25. The Morgan fingerprint density at radius 2 is 1.82 bits per heavy atom. The van der Waals surface area contributed by atoms with E-state index in [0.29, 0.717) is 5.95 Å². The van der Waals surface area contributed by atoms with Crippen LogP contribution in [0, 0.1) is 0 Å². The zero-order chi connectivity index (χ0) is 13.3. The number of rotatable bonds is 1. The lowest BCUT2D eigenvalue weighted by Crippen LogP contribution is -2.43. The van der Waals surface area contributed by atoms with Gasteiger partial charge in [0.25, 0.3) is 0 Å². The van der Waals surface area contributed by atoms with Crippen molar-refractivity contribution >= 4 is 12.0 Å². The number of H-pyrrole nitrogens is 1. The van der Waals surface area contributed by atoms with E-state index in [1.165, 1.54) is 0 Å². The molecule has 0 aromatic carbocycles. The Balaban J connectivity index is 2.65. The molecule has 0 radical (unpaired) electrons. The smallest absolute Gasteiger partial charge is 0.321 e. The number of hydrogen-bond acceptors (Lipinski definition) is 2. The van der Waals surface area contributed by atoms with Crippen LogP contribution < -0.4 is 10.6 Å². The number of aromatic nitrogens is 2. The molecule has 0 atom stereocenters. The van der Waals surface area contributed by atoms with Gasteiger partial charge in [-0.25, -0.2) is 9.78 Å². The van der Waals surface area contributed by atoms with Crippen LogP contribution in [-0.4, -0.2) is 21.5 Å². The predicted octanol–water partition coefficient (Wildman–Crippen LogP) is 2.63. The molecule has 1 aromatic heterocycles. The maximum Gasteiger partial charge on any atom is 0.321 e. The lowest BCUT2D eigenvalue weighted by atomic mass is 9.93. The van der Waals surface area contributed by atoms with Gasteiger partial charge in [-0.3, -0.25) is 5.32 Å². The second-order valence-electron chi connectivity index (χ2n) is 6.22. The van der Waals surface area contributed by atoms with Crippen LogP contribution in [0.3, 0.4) is 0 Å². The molecule has 3 N–H and O–H groups in total. The summed E-state index contributed by atoms with van der Waals surface area (Å²) < 4.78 is 0. The van der Waals surface area contributed by atoms with Crippen molar-refractivity contribution in [3.63, 3.8) is 0 Å². The molecule has 0 fully saturated rings. The van der Waals surface area contributed by atoms with Gasteiger partial charge in [0.15, 0.2) is 0 Å². The van der Waals surface area contributed by atoms with Crippen molar-refractivity contribution in [3.05, 3.63) is 11.9 Å². The molecular formula is C12H22N4O. The highest BCUT2D eigenvalue weighted by Gasteiger charge is 2.18. The van der Waals surface area contributed by atoms with Crippen molar-refractivity contribution in [2.45, 2.75) is 52.5 Å². The zero-order valence-corrected chi connectivity index (χ0v) is 11.4. The third-order valence-electron chi connectivity index (χ3n) is 2.10. The average Bonchev–Trinajstić information content (AvgIpc) is 2.47. The van der Waals surface area contributed by atoms with Gasteiger partial charge >= 0.3 is 6.03 Å². The minimum absolute atomic E-state index is 0.00651. The van der Waals surface area contributed by atoms with Crippen molar-refractivity contribution in [2.75, 3.05) is 5.32 Å². The molecule has 0 saturated carbocycles. The summed E-state index contributed by atoms with van der Waals surface area (Å²) in [5, 5.41) is 5.48. The van der Waals surface area contributed by atoms with Crippen LogP contribution in [0.5, 0.6) is 0 Å². The second-order valence-corrected chi connectivity index (χ2v) is 6.22. The van der Waals surface area contributed by atoms with Crippen LogP contribution in [0.1, 0.15) is 47.2 Å². The van der Waals surface area contributed by atoms with E-state index < -0.39 is 0 Å². The minimum Gasteiger partial charge on any atom is -0.333 e. The SMILES string of the molecule is CC(C)(C)NC(=O)Nc1ncc(C(C)(C)C)[nH]1. The number of nitrogens with one attached hydrogen (secondary N) is 3. The van der Waals surface area contributed by atoms with Crippen molar-refractivity contribution in [2.24, 2.45) is 0 Å². The molecule has 0 spiro atoms. The highest BCUT2D eigenvalue weighted by molar-refractivity contribution is 5.87. The molecule has 1 heterocycles. The number of nitrogens with zero attached hydrogens (tertiary/aromatic N) is 1. The largest absolute Gasteiger partial charge is 0.333 e. The molecule has 1 aromatic rings. The first-order chi connectivity index (χ1) is 7.58. The molecule has 2 amide bonds. The van der Waals surface area contributed by atoms with E-state index in [1.54, 1.807) is 6.20 Å². The fraction of sp³-hybridized carbons (Fsp3) is 0.667. The number of carbonyl (C=O) groups is 1. The van der Waals surface area contributed by atoms with E-state index in [-0.39, 0.29) is 17.0 Å². The normalized spacial score (nSPS) is 12.4. The minimum atomic E-state index is -0.260. The summed E-state index contributed by atoms with van der Waals surface area (Å²) in [5.41, 5.74) is 0.723. The number of imidazole rings is 1. The lowest BCUT2D eigenvalue weighted by molar-refractivity contribution is 0.243. The molecule has 0 aliphatic carbocycles. The molecule has 5 nitrogen and oxygen atoms in total. The van der Waals surface area contributed by atoms with Crippen LogP contribution in [-0.2, 0) is 5.41 Å². The summed E-state index contributed by atoms with van der Waals surface area (Å²) in [6.45, 7) is 12.0. The number of amides is 2. The Hall–Kier alpha value is -1.52. The Kier molecular flexibility index (Phi) is 3.50. The van der Waals surface area contributed by atoms with E-state index in [2.05, 4.69) is 41.4 Å². The van der Waals surface area contributed by atoms with E-state index in [9.17, 15) is 4.79 Å². The summed E-state index contributed by atoms with van der Waals surface area (Å²) in [4.78, 5) is 18.8. The number of anilines is 1. The van der Waals surface area contributed by atoms with Crippen molar-refractivity contribution in [3.8, 4) is 0 Å². The zero-order valence-electron chi connectivity index (χ0n) is 11.4. The average molecular weight is 238 g/mol. The summed E-state index contributed by atoms with van der Waals surface area (Å²) in [5.74, 6) is 0.469. The Morgan fingerprint density at radius 3 is 2.24 bits per heavy atom. The first-order valence-electron chi connectivity index (χ1n) is 5.72. The molecule has 0 aliphatic rings. The number of aromatic amines is 1. The fourth-order valence-electron chi connectivity index (χ4n) is 1.25. The number of urea groups is 1. The van der Waals surface area contributed by atoms with Gasteiger partial charge in [-0.2, -0.15) is 0 Å². The highest BCUT2D eigenvalue weighted by Crippen LogP contribution is 2.20. The Bertz CT molecular complexity index is 395. The van der Waals surface area contributed by atoms with Gasteiger partial charge in [-0.15, -0.1) is 0 Å². The van der Waals surface area contributed by atoms with Crippen molar-refractivity contribution in [1.29, 1.82) is 0 Å². The maximum absolute atomic E-state index is 11.6. The summed E-state index contributed by atoms with van der Waals surface area (Å²) in [6, 6.07) is -0.257. The highest BCUT2D eigenvalue weighted by atomic mass is 16.2. The maximum atomic E-state index is 11.6. The van der Waals surface area contributed by atoms with E-state index in [4.69, 9.17) is 0 Å². The van der Waals surface area contributed by atoms with Gasteiger partial charge < -0.3 is 10.3 Å². The van der Waals surface area contributed by atoms with Gasteiger partial charge in [-0.05, 0) is 20.8 Å². The monoisotopic (exact) mass is 238 g/mol. The van der Waals surface area contributed by atoms with Crippen LogP contribution in [0.2, 0.25) is 0 Å². The molecule has 96 valence electrons. The Labute approximate surface area is 102 Å². The van der Waals surface area contributed by atoms with Gasteiger partial charge in [-0.1, -0.05) is 20.8 Å². The molecule has 0 unspecified atom stereocenters. The van der Waals surface area contributed by atoms with Crippen molar-refractivity contribution in [1.82, 2.24) is 15.3 Å². The number of hydrogen-bond donors (Lipinski definition) is 3.